The lowest BCUT2D eigenvalue weighted by Crippen LogP contribution is -2.57. The number of benzene rings is 2. The van der Waals surface area contributed by atoms with Crippen LogP contribution in [0.1, 0.15) is 44.9 Å². The average Bonchev–Trinajstić information content (AvgIpc) is 3.04. The molecule has 1 saturated carbocycles. The van der Waals surface area contributed by atoms with Crippen molar-refractivity contribution in [3.8, 4) is 11.4 Å². The standard InChI is InChI=1S/C24H23ClFNO4/c1-22(2)12-31-24(10-23(3,11-24)21(29)30)18-17-16(9-8-15(25)19(17)28)27(20(18)22)14-6-4-13(26)5-7-14/h4-9,28H,10-12H2,1-3H3,(H,29,30)/t23-,24+. The molecule has 162 valence electrons. The Morgan fingerprint density at radius 2 is 1.77 bits per heavy atom. The van der Waals surface area contributed by atoms with E-state index in [4.69, 9.17) is 16.3 Å². The number of aliphatic carboxylic acids is 1. The Balaban J connectivity index is 1.88. The normalized spacial score (nSPS) is 26.6. The van der Waals surface area contributed by atoms with Gasteiger partial charge in [0.25, 0.3) is 0 Å². The van der Waals surface area contributed by atoms with Crippen LogP contribution in [0.5, 0.6) is 5.75 Å². The van der Waals surface area contributed by atoms with Crippen LogP contribution >= 0.6 is 11.6 Å². The predicted molar refractivity (Wildman–Crippen MR) is 116 cm³/mol. The first kappa shape index (κ1) is 20.3. The lowest BCUT2D eigenvalue weighted by molar-refractivity contribution is -0.205. The van der Waals surface area contributed by atoms with Gasteiger partial charge >= 0.3 is 5.97 Å². The summed E-state index contributed by atoms with van der Waals surface area (Å²) < 4.78 is 22.0. The summed E-state index contributed by atoms with van der Waals surface area (Å²) in [6.07, 6.45) is 0.597. The van der Waals surface area contributed by atoms with Crippen molar-refractivity contribution in [2.24, 2.45) is 5.41 Å². The maximum atomic E-state index is 13.7. The van der Waals surface area contributed by atoms with E-state index in [0.717, 1.165) is 22.5 Å². The van der Waals surface area contributed by atoms with Gasteiger partial charge in [0.2, 0.25) is 0 Å². The molecule has 31 heavy (non-hydrogen) atoms. The highest BCUT2D eigenvalue weighted by Gasteiger charge is 2.62. The molecule has 1 aliphatic carbocycles. The molecule has 1 aliphatic heterocycles. The van der Waals surface area contributed by atoms with Crippen molar-refractivity contribution in [3.63, 3.8) is 0 Å². The van der Waals surface area contributed by atoms with E-state index in [2.05, 4.69) is 0 Å². The predicted octanol–water partition coefficient (Wildman–Crippen LogP) is 5.52. The number of ether oxygens (including phenoxy) is 1. The van der Waals surface area contributed by atoms with Gasteiger partial charge in [0.15, 0.2) is 0 Å². The third kappa shape index (κ3) is 2.68. The van der Waals surface area contributed by atoms with E-state index in [1.54, 1.807) is 25.1 Å². The Kier molecular flexibility index (Phi) is 4.09. The van der Waals surface area contributed by atoms with E-state index in [1.165, 1.54) is 12.1 Å². The van der Waals surface area contributed by atoms with Crippen molar-refractivity contribution >= 4 is 28.5 Å². The number of carboxylic acid groups (broad SMARTS) is 1. The molecule has 5 nitrogen and oxygen atoms in total. The molecule has 2 aromatic carbocycles. The molecule has 0 unspecified atom stereocenters. The smallest absolute Gasteiger partial charge is 0.309 e. The molecule has 7 heteroatoms. The Bertz CT molecular complexity index is 1240. The van der Waals surface area contributed by atoms with Crippen molar-refractivity contribution in [3.05, 3.63) is 58.5 Å². The van der Waals surface area contributed by atoms with E-state index in [0.29, 0.717) is 24.8 Å². The van der Waals surface area contributed by atoms with Gasteiger partial charge in [0.1, 0.15) is 11.6 Å². The van der Waals surface area contributed by atoms with E-state index >= 15 is 0 Å². The van der Waals surface area contributed by atoms with Crippen molar-refractivity contribution in [2.45, 2.75) is 44.6 Å². The highest BCUT2D eigenvalue weighted by Crippen LogP contribution is 2.63. The second-order valence-corrected chi connectivity index (χ2v) is 10.1. The van der Waals surface area contributed by atoms with Gasteiger partial charge in [-0.25, -0.2) is 4.39 Å². The van der Waals surface area contributed by atoms with Crippen LogP contribution < -0.4 is 0 Å². The fourth-order valence-electron chi connectivity index (χ4n) is 5.38. The molecule has 5 rings (SSSR count). The largest absolute Gasteiger partial charge is 0.506 e. The zero-order chi connectivity index (χ0) is 22.3. The fraction of sp³-hybridized carbons (Fsp3) is 0.375. The highest BCUT2D eigenvalue weighted by molar-refractivity contribution is 6.33. The molecule has 1 spiro atoms. The monoisotopic (exact) mass is 443 g/mol. The van der Waals surface area contributed by atoms with Gasteiger partial charge in [-0.1, -0.05) is 25.4 Å². The van der Waals surface area contributed by atoms with Crippen molar-refractivity contribution in [1.82, 2.24) is 4.57 Å². The van der Waals surface area contributed by atoms with Crippen LogP contribution in [0.4, 0.5) is 4.39 Å². The third-order valence-corrected chi connectivity index (χ3v) is 7.12. The summed E-state index contributed by atoms with van der Waals surface area (Å²) in [7, 11) is 0. The summed E-state index contributed by atoms with van der Waals surface area (Å²) in [4.78, 5) is 11.8. The van der Waals surface area contributed by atoms with E-state index in [9.17, 15) is 19.4 Å². The molecule has 2 heterocycles. The number of fused-ring (bicyclic) bond motifs is 4. The lowest BCUT2D eigenvalue weighted by Gasteiger charge is -2.56. The first-order valence-corrected chi connectivity index (χ1v) is 10.6. The van der Waals surface area contributed by atoms with Crippen LogP contribution in [0.2, 0.25) is 5.02 Å². The van der Waals surface area contributed by atoms with Gasteiger partial charge < -0.3 is 19.5 Å². The Morgan fingerprint density at radius 1 is 1.13 bits per heavy atom. The molecule has 2 aliphatic rings. The minimum atomic E-state index is -0.906. The summed E-state index contributed by atoms with van der Waals surface area (Å²) in [6, 6.07) is 9.65. The zero-order valence-corrected chi connectivity index (χ0v) is 18.3. The third-order valence-electron chi connectivity index (χ3n) is 6.82. The summed E-state index contributed by atoms with van der Waals surface area (Å²) in [6.45, 7) is 6.20. The SMILES string of the molecule is CC1(C)CO[C@]2(C[C@@](C)(C(=O)O)C2)c2c1n(-c1ccc(F)cc1)c1ccc(Cl)c(O)c12. The average molecular weight is 444 g/mol. The maximum absolute atomic E-state index is 13.7. The summed E-state index contributed by atoms with van der Waals surface area (Å²) in [5, 5.41) is 21.5. The van der Waals surface area contributed by atoms with E-state index in [-0.39, 0.29) is 16.6 Å². The Hall–Kier alpha value is -2.57. The molecule has 0 saturated heterocycles. The first-order valence-electron chi connectivity index (χ1n) is 10.2. The second-order valence-electron chi connectivity index (χ2n) is 9.71. The maximum Gasteiger partial charge on any atom is 0.309 e. The van der Waals surface area contributed by atoms with Crippen molar-refractivity contribution in [2.75, 3.05) is 6.61 Å². The van der Waals surface area contributed by atoms with Gasteiger partial charge in [-0.05, 0) is 56.2 Å². The Labute approximate surface area is 184 Å². The molecular formula is C24H23ClFNO4. The number of nitrogens with zero attached hydrogens (tertiary/aromatic N) is 1. The number of carboxylic acids is 1. The molecule has 0 radical (unpaired) electrons. The minimum Gasteiger partial charge on any atom is -0.506 e. The summed E-state index contributed by atoms with van der Waals surface area (Å²) in [5.41, 5.74) is 0.996. The number of aromatic hydroxyl groups is 1. The lowest BCUT2D eigenvalue weighted by atomic mass is 9.55. The van der Waals surface area contributed by atoms with E-state index in [1.807, 2.05) is 24.5 Å². The van der Waals surface area contributed by atoms with Crippen LogP contribution in [0.3, 0.4) is 0 Å². The molecular weight excluding hydrogens is 421 g/mol. The number of rotatable bonds is 2. The number of phenols is 1. The van der Waals surface area contributed by atoms with Gasteiger partial charge in [0, 0.05) is 27.7 Å². The topological polar surface area (TPSA) is 71.7 Å². The number of aromatic nitrogens is 1. The van der Waals surface area contributed by atoms with Crippen molar-refractivity contribution in [1.29, 1.82) is 0 Å². The van der Waals surface area contributed by atoms with Gasteiger partial charge in [-0.15, -0.1) is 0 Å². The van der Waals surface area contributed by atoms with E-state index < -0.39 is 22.4 Å². The molecule has 0 bridgehead atoms. The number of halogens is 2. The number of phenolic OH excluding ortho intramolecular Hbond substituents is 1. The molecule has 1 fully saturated rings. The highest BCUT2D eigenvalue weighted by atomic mass is 35.5. The molecule has 1 aromatic heterocycles. The van der Waals surface area contributed by atoms with Gasteiger partial charge in [-0.2, -0.15) is 0 Å². The van der Waals surface area contributed by atoms with Gasteiger partial charge in [0.05, 0.1) is 28.2 Å². The first-order chi connectivity index (χ1) is 14.5. The van der Waals surface area contributed by atoms with Crippen molar-refractivity contribution < 1.29 is 24.1 Å². The molecule has 3 aromatic rings. The van der Waals surface area contributed by atoms with Gasteiger partial charge in [-0.3, -0.25) is 4.79 Å². The molecule has 2 N–H and O–H groups in total. The molecule has 0 amide bonds. The minimum absolute atomic E-state index is 0.0547. The van der Waals surface area contributed by atoms with Crippen LogP contribution in [0.25, 0.3) is 16.6 Å². The second kappa shape index (κ2) is 6.24. The summed E-state index contributed by atoms with van der Waals surface area (Å²) in [5.74, 6) is -1.26. The van der Waals surface area contributed by atoms with Crippen LogP contribution in [-0.4, -0.2) is 27.4 Å². The van der Waals surface area contributed by atoms with Crippen LogP contribution in [0, 0.1) is 11.2 Å². The number of carbonyl (C=O) groups is 1. The quantitative estimate of drug-likeness (QED) is 0.547. The number of hydrogen-bond donors (Lipinski definition) is 2. The molecule has 0 atom stereocenters. The zero-order valence-electron chi connectivity index (χ0n) is 17.5. The fourth-order valence-corrected chi connectivity index (χ4v) is 5.54. The van der Waals surface area contributed by atoms with Crippen LogP contribution in [-0.2, 0) is 20.5 Å². The van der Waals surface area contributed by atoms with Crippen LogP contribution in [0.15, 0.2) is 36.4 Å². The number of hydrogen-bond acceptors (Lipinski definition) is 3. The summed E-state index contributed by atoms with van der Waals surface area (Å²) >= 11 is 6.29. The Morgan fingerprint density at radius 3 is 2.39 bits per heavy atom.